The van der Waals surface area contributed by atoms with Gasteiger partial charge in [-0.1, -0.05) is 18.2 Å². The summed E-state index contributed by atoms with van der Waals surface area (Å²) in [4.78, 5) is 27.4. The van der Waals surface area contributed by atoms with Crippen molar-refractivity contribution in [3.05, 3.63) is 53.6 Å². The van der Waals surface area contributed by atoms with Crippen molar-refractivity contribution in [1.82, 2.24) is 9.21 Å². The number of hydrogen-bond acceptors (Lipinski definition) is 6. The molecule has 2 amide bonds. The molecule has 0 N–H and O–H groups in total. The summed E-state index contributed by atoms with van der Waals surface area (Å²) < 4.78 is 37.7. The SMILES string of the molecule is O=C(CN1C(=O)c2ccccc2S1(=O)=O)N1CCCC1c1ccc2c(c1)OCCCO2. The quantitative estimate of drug-likeness (QED) is 0.725. The van der Waals surface area contributed by atoms with Crippen molar-refractivity contribution in [2.24, 2.45) is 0 Å². The fourth-order valence-electron chi connectivity index (χ4n) is 4.40. The molecule has 0 bridgehead atoms. The van der Waals surface area contributed by atoms with Crippen LogP contribution in [0.25, 0.3) is 0 Å². The minimum Gasteiger partial charge on any atom is -0.490 e. The highest BCUT2D eigenvalue weighted by atomic mass is 32.2. The highest BCUT2D eigenvalue weighted by Crippen LogP contribution is 2.38. The molecule has 31 heavy (non-hydrogen) atoms. The number of carbonyl (C=O) groups excluding carboxylic acids is 2. The Kier molecular flexibility index (Phi) is 4.85. The number of benzene rings is 2. The van der Waals surface area contributed by atoms with Crippen molar-refractivity contribution in [3.8, 4) is 11.5 Å². The maximum atomic E-state index is 13.1. The summed E-state index contributed by atoms with van der Waals surface area (Å²) in [5.74, 6) is 0.292. The molecule has 3 heterocycles. The first kappa shape index (κ1) is 19.9. The standard InChI is InChI=1S/C22H22N2O6S/c25-21(14-24-22(26)16-5-1-2-7-20(16)31(24,27)28)23-10-3-6-17(23)15-8-9-18-19(13-15)30-12-4-11-29-18/h1-2,5,7-9,13,17H,3-4,6,10-12,14H2. The molecule has 3 aliphatic heterocycles. The lowest BCUT2D eigenvalue weighted by molar-refractivity contribution is -0.132. The van der Waals surface area contributed by atoms with Crippen molar-refractivity contribution in [2.45, 2.75) is 30.2 Å². The summed E-state index contributed by atoms with van der Waals surface area (Å²) in [5, 5.41) is 0. The third-order valence-corrected chi connectivity index (χ3v) is 7.71. The molecular formula is C22H22N2O6S. The fourth-order valence-corrected chi connectivity index (χ4v) is 5.92. The monoisotopic (exact) mass is 442 g/mol. The van der Waals surface area contributed by atoms with Crippen LogP contribution in [-0.2, 0) is 14.8 Å². The van der Waals surface area contributed by atoms with E-state index in [-0.39, 0.29) is 22.4 Å². The molecule has 0 aromatic heterocycles. The molecule has 0 radical (unpaired) electrons. The normalized spacial score (nSPS) is 21.7. The van der Waals surface area contributed by atoms with Gasteiger partial charge < -0.3 is 14.4 Å². The molecule has 162 valence electrons. The number of amides is 2. The maximum absolute atomic E-state index is 13.1. The van der Waals surface area contributed by atoms with Gasteiger partial charge in [0.05, 0.1) is 24.8 Å². The van der Waals surface area contributed by atoms with Crippen LogP contribution in [0.2, 0.25) is 0 Å². The second-order valence-electron chi connectivity index (χ2n) is 7.81. The van der Waals surface area contributed by atoms with E-state index in [1.807, 2.05) is 18.2 Å². The Morgan fingerprint density at radius 2 is 1.81 bits per heavy atom. The van der Waals surface area contributed by atoms with Gasteiger partial charge in [0.2, 0.25) is 5.91 Å². The zero-order chi connectivity index (χ0) is 21.6. The van der Waals surface area contributed by atoms with E-state index in [0.29, 0.717) is 35.6 Å². The van der Waals surface area contributed by atoms with Crippen LogP contribution in [0, 0.1) is 0 Å². The summed E-state index contributed by atoms with van der Waals surface area (Å²) in [7, 11) is -4.02. The third kappa shape index (κ3) is 3.33. The fraction of sp³-hybridized carbons (Fsp3) is 0.364. The molecule has 0 saturated carbocycles. The molecule has 1 unspecified atom stereocenters. The molecule has 1 fully saturated rings. The van der Waals surface area contributed by atoms with Gasteiger partial charge >= 0.3 is 0 Å². The second-order valence-corrected chi connectivity index (χ2v) is 9.65. The third-order valence-electron chi connectivity index (χ3n) is 5.92. The predicted octanol–water partition coefficient (Wildman–Crippen LogP) is 2.36. The molecule has 0 spiro atoms. The molecule has 9 heteroatoms. The Balaban J connectivity index is 1.38. The summed E-state index contributed by atoms with van der Waals surface area (Å²) in [6.45, 7) is 1.17. The zero-order valence-electron chi connectivity index (χ0n) is 16.8. The molecule has 8 nitrogen and oxygen atoms in total. The minimum absolute atomic E-state index is 0.0475. The highest BCUT2D eigenvalue weighted by Gasteiger charge is 2.43. The number of carbonyl (C=O) groups is 2. The first-order valence-electron chi connectivity index (χ1n) is 10.3. The van der Waals surface area contributed by atoms with Crippen molar-refractivity contribution in [3.63, 3.8) is 0 Å². The van der Waals surface area contributed by atoms with E-state index in [9.17, 15) is 18.0 Å². The summed E-state index contributed by atoms with van der Waals surface area (Å²) in [5.41, 5.74) is 1.02. The zero-order valence-corrected chi connectivity index (χ0v) is 17.6. The van der Waals surface area contributed by atoms with E-state index < -0.39 is 22.5 Å². The van der Waals surface area contributed by atoms with Gasteiger partial charge in [-0.15, -0.1) is 0 Å². The maximum Gasteiger partial charge on any atom is 0.269 e. The lowest BCUT2D eigenvalue weighted by Crippen LogP contribution is -2.42. The highest BCUT2D eigenvalue weighted by molar-refractivity contribution is 7.90. The van der Waals surface area contributed by atoms with Crippen LogP contribution in [0.4, 0.5) is 0 Å². The number of rotatable bonds is 3. The molecule has 3 aliphatic rings. The van der Waals surface area contributed by atoms with Crippen LogP contribution in [-0.4, -0.2) is 55.7 Å². The number of sulfonamides is 1. The van der Waals surface area contributed by atoms with E-state index in [0.717, 1.165) is 24.8 Å². The van der Waals surface area contributed by atoms with Crippen LogP contribution >= 0.6 is 0 Å². The van der Waals surface area contributed by atoms with Gasteiger partial charge in [-0.25, -0.2) is 12.7 Å². The molecule has 5 rings (SSSR count). The molecule has 0 aliphatic carbocycles. The average Bonchev–Trinajstić information content (AvgIpc) is 3.23. The Labute approximate surface area is 180 Å². The van der Waals surface area contributed by atoms with Gasteiger partial charge in [-0.3, -0.25) is 9.59 Å². The smallest absolute Gasteiger partial charge is 0.269 e. The summed E-state index contributed by atoms with van der Waals surface area (Å²) in [6.07, 6.45) is 2.36. The topological polar surface area (TPSA) is 93.2 Å². The number of hydrogen-bond donors (Lipinski definition) is 0. The Morgan fingerprint density at radius 3 is 2.61 bits per heavy atom. The van der Waals surface area contributed by atoms with Crippen molar-refractivity contribution in [1.29, 1.82) is 0 Å². The van der Waals surface area contributed by atoms with Crippen LogP contribution in [0.15, 0.2) is 47.4 Å². The van der Waals surface area contributed by atoms with Gasteiger partial charge in [-0.2, -0.15) is 0 Å². The average molecular weight is 442 g/mol. The first-order chi connectivity index (χ1) is 15.0. The van der Waals surface area contributed by atoms with E-state index >= 15 is 0 Å². The van der Waals surface area contributed by atoms with Gasteiger partial charge in [0.1, 0.15) is 11.4 Å². The Hall–Kier alpha value is -3.07. The number of nitrogens with zero attached hydrogens (tertiary/aromatic N) is 2. The summed E-state index contributed by atoms with van der Waals surface area (Å²) in [6, 6.07) is 11.5. The van der Waals surface area contributed by atoms with Gasteiger partial charge in [0.15, 0.2) is 11.5 Å². The number of ether oxygens (including phenoxy) is 2. The van der Waals surface area contributed by atoms with Gasteiger partial charge in [0, 0.05) is 13.0 Å². The van der Waals surface area contributed by atoms with E-state index in [1.54, 1.807) is 17.0 Å². The molecule has 2 aromatic rings. The lowest BCUT2D eigenvalue weighted by atomic mass is 10.0. The molecular weight excluding hydrogens is 420 g/mol. The van der Waals surface area contributed by atoms with Crippen molar-refractivity contribution < 1.29 is 27.5 Å². The summed E-state index contributed by atoms with van der Waals surface area (Å²) >= 11 is 0. The first-order valence-corrected chi connectivity index (χ1v) is 11.8. The van der Waals surface area contributed by atoms with E-state index in [4.69, 9.17) is 9.47 Å². The van der Waals surface area contributed by atoms with E-state index in [1.165, 1.54) is 12.1 Å². The second kappa shape index (κ2) is 7.56. The van der Waals surface area contributed by atoms with Crippen LogP contribution < -0.4 is 9.47 Å². The number of likely N-dealkylation sites (tertiary alicyclic amines) is 1. The number of fused-ring (bicyclic) bond motifs is 2. The Bertz CT molecular complexity index is 1160. The Morgan fingerprint density at radius 1 is 1.03 bits per heavy atom. The van der Waals surface area contributed by atoms with Gasteiger partial charge in [-0.05, 0) is 42.7 Å². The molecule has 1 atom stereocenters. The van der Waals surface area contributed by atoms with Crippen LogP contribution in [0.3, 0.4) is 0 Å². The predicted molar refractivity (Wildman–Crippen MR) is 110 cm³/mol. The van der Waals surface area contributed by atoms with Crippen LogP contribution in [0.1, 0.15) is 41.2 Å². The largest absolute Gasteiger partial charge is 0.490 e. The van der Waals surface area contributed by atoms with Crippen LogP contribution in [0.5, 0.6) is 11.5 Å². The minimum atomic E-state index is -4.02. The lowest BCUT2D eigenvalue weighted by Gasteiger charge is -2.27. The molecule has 1 saturated heterocycles. The van der Waals surface area contributed by atoms with Gasteiger partial charge in [0.25, 0.3) is 15.9 Å². The van der Waals surface area contributed by atoms with Crippen molar-refractivity contribution in [2.75, 3.05) is 26.3 Å². The molecule has 2 aromatic carbocycles. The van der Waals surface area contributed by atoms with Crippen molar-refractivity contribution >= 4 is 21.8 Å². The van der Waals surface area contributed by atoms with E-state index in [2.05, 4.69) is 0 Å².